The van der Waals surface area contributed by atoms with Crippen LogP contribution < -0.4 is 5.73 Å². The van der Waals surface area contributed by atoms with E-state index in [4.69, 9.17) is 5.73 Å². The molecule has 0 saturated heterocycles. The van der Waals surface area contributed by atoms with Crippen molar-refractivity contribution in [3.63, 3.8) is 0 Å². The van der Waals surface area contributed by atoms with Gasteiger partial charge in [-0.1, -0.05) is 19.3 Å². The van der Waals surface area contributed by atoms with E-state index < -0.39 is 0 Å². The summed E-state index contributed by atoms with van der Waals surface area (Å²) in [6.07, 6.45) is 9.89. The van der Waals surface area contributed by atoms with Gasteiger partial charge in [-0.15, -0.1) is 0 Å². The van der Waals surface area contributed by atoms with Gasteiger partial charge in [-0.3, -0.25) is 4.98 Å². The highest BCUT2D eigenvalue weighted by atomic mass is 14.9. The SMILES string of the molecule is Cc1cncc(N=C(N)C2CCCCC2)c1. The Hall–Kier alpha value is -1.38. The fourth-order valence-electron chi connectivity index (χ4n) is 2.24. The van der Waals surface area contributed by atoms with E-state index in [0.29, 0.717) is 5.92 Å². The van der Waals surface area contributed by atoms with Crippen LogP contribution in [-0.2, 0) is 0 Å². The first-order valence-corrected chi connectivity index (χ1v) is 6.01. The van der Waals surface area contributed by atoms with Crippen LogP contribution in [0.3, 0.4) is 0 Å². The highest BCUT2D eigenvalue weighted by Gasteiger charge is 2.16. The van der Waals surface area contributed by atoms with Gasteiger partial charge in [0.15, 0.2) is 0 Å². The van der Waals surface area contributed by atoms with E-state index in [-0.39, 0.29) is 0 Å². The number of aryl methyl sites for hydroxylation is 1. The molecule has 0 atom stereocenters. The van der Waals surface area contributed by atoms with Crippen LogP contribution in [0.4, 0.5) is 5.69 Å². The van der Waals surface area contributed by atoms with Gasteiger partial charge in [0.25, 0.3) is 0 Å². The predicted octanol–water partition coefficient (Wildman–Crippen LogP) is 2.96. The zero-order valence-corrected chi connectivity index (χ0v) is 9.82. The smallest absolute Gasteiger partial charge is 0.103 e. The van der Waals surface area contributed by atoms with Gasteiger partial charge in [-0.2, -0.15) is 0 Å². The maximum absolute atomic E-state index is 6.05. The number of amidine groups is 1. The molecule has 1 aliphatic rings. The number of hydrogen-bond acceptors (Lipinski definition) is 2. The Labute approximate surface area is 96.8 Å². The van der Waals surface area contributed by atoms with Gasteiger partial charge in [-0.25, -0.2) is 4.99 Å². The summed E-state index contributed by atoms with van der Waals surface area (Å²) in [5, 5.41) is 0. The molecule has 0 radical (unpaired) electrons. The van der Waals surface area contributed by atoms with Gasteiger partial charge in [-0.05, 0) is 31.4 Å². The second kappa shape index (κ2) is 5.10. The van der Waals surface area contributed by atoms with Crippen molar-refractivity contribution in [1.29, 1.82) is 0 Å². The first kappa shape index (κ1) is 11.1. The molecular weight excluding hydrogens is 198 g/mol. The number of pyridine rings is 1. The molecular formula is C13H19N3. The van der Waals surface area contributed by atoms with Crippen LogP contribution in [0.5, 0.6) is 0 Å². The van der Waals surface area contributed by atoms with Gasteiger partial charge in [0, 0.05) is 12.1 Å². The summed E-state index contributed by atoms with van der Waals surface area (Å²) in [5.41, 5.74) is 8.05. The lowest BCUT2D eigenvalue weighted by Gasteiger charge is -2.20. The van der Waals surface area contributed by atoms with E-state index in [9.17, 15) is 0 Å². The minimum Gasteiger partial charge on any atom is -0.387 e. The summed E-state index contributed by atoms with van der Waals surface area (Å²) >= 11 is 0. The minimum atomic E-state index is 0.481. The molecule has 0 amide bonds. The quantitative estimate of drug-likeness (QED) is 0.611. The third kappa shape index (κ3) is 2.81. The molecule has 1 saturated carbocycles. The van der Waals surface area contributed by atoms with Crippen LogP contribution in [0.1, 0.15) is 37.7 Å². The third-order valence-corrected chi connectivity index (χ3v) is 3.14. The summed E-state index contributed by atoms with van der Waals surface area (Å²) in [6.45, 7) is 2.02. The first-order valence-electron chi connectivity index (χ1n) is 6.01. The van der Waals surface area contributed by atoms with Crippen molar-refractivity contribution in [2.45, 2.75) is 39.0 Å². The molecule has 1 heterocycles. The number of rotatable bonds is 2. The monoisotopic (exact) mass is 217 g/mol. The minimum absolute atomic E-state index is 0.481. The average molecular weight is 217 g/mol. The van der Waals surface area contributed by atoms with Crippen molar-refractivity contribution in [1.82, 2.24) is 4.98 Å². The molecule has 3 heteroatoms. The predicted molar refractivity (Wildman–Crippen MR) is 66.8 cm³/mol. The normalized spacial score (nSPS) is 18.7. The highest BCUT2D eigenvalue weighted by Crippen LogP contribution is 2.25. The van der Waals surface area contributed by atoms with Crippen molar-refractivity contribution in [2.75, 3.05) is 0 Å². The largest absolute Gasteiger partial charge is 0.387 e. The fourth-order valence-corrected chi connectivity index (χ4v) is 2.24. The van der Waals surface area contributed by atoms with Crippen molar-refractivity contribution in [3.8, 4) is 0 Å². The number of aromatic nitrogens is 1. The van der Waals surface area contributed by atoms with Gasteiger partial charge in [0.2, 0.25) is 0 Å². The molecule has 1 aromatic heterocycles. The van der Waals surface area contributed by atoms with E-state index in [1.165, 1.54) is 32.1 Å². The molecule has 2 N–H and O–H groups in total. The lowest BCUT2D eigenvalue weighted by molar-refractivity contribution is 0.437. The van der Waals surface area contributed by atoms with Gasteiger partial charge < -0.3 is 5.73 Å². The Morgan fingerprint density at radius 2 is 2.06 bits per heavy atom. The molecule has 16 heavy (non-hydrogen) atoms. The summed E-state index contributed by atoms with van der Waals surface area (Å²) in [7, 11) is 0. The van der Waals surface area contributed by atoms with Crippen LogP contribution in [0.25, 0.3) is 0 Å². The van der Waals surface area contributed by atoms with Crippen LogP contribution >= 0.6 is 0 Å². The number of nitrogens with two attached hydrogens (primary N) is 1. The molecule has 0 bridgehead atoms. The Balaban J connectivity index is 2.10. The van der Waals surface area contributed by atoms with E-state index in [0.717, 1.165) is 17.1 Å². The summed E-state index contributed by atoms with van der Waals surface area (Å²) in [5.74, 6) is 1.27. The summed E-state index contributed by atoms with van der Waals surface area (Å²) in [6, 6.07) is 2.02. The van der Waals surface area contributed by atoms with E-state index >= 15 is 0 Å². The summed E-state index contributed by atoms with van der Waals surface area (Å²) < 4.78 is 0. The second-order valence-corrected chi connectivity index (χ2v) is 4.59. The van der Waals surface area contributed by atoms with E-state index in [1.807, 2.05) is 19.2 Å². The van der Waals surface area contributed by atoms with Crippen LogP contribution in [0, 0.1) is 12.8 Å². The van der Waals surface area contributed by atoms with Crippen molar-refractivity contribution < 1.29 is 0 Å². The van der Waals surface area contributed by atoms with Crippen LogP contribution in [0.15, 0.2) is 23.5 Å². The lowest BCUT2D eigenvalue weighted by atomic mass is 9.88. The molecule has 0 aromatic carbocycles. The molecule has 0 spiro atoms. The number of nitrogens with zero attached hydrogens (tertiary/aromatic N) is 2. The molecule has 1 aliphatic carbocycles. The zero-order valence-electron chi connectivity index (χ0n) is 9.82. The number of hydrogen-bond donors (Lipinski definition) is 1. The fraction of sp³-hybridized carbons (Fsp3) is 0.538. The van der Waals surface area contributed by atoms with Crippen molar-refractivity contribution >= 4 is 11.5 Å². The van der Waals surface area contributed by atoms with Crippen LogP contribution in [0.2, 0.25) is 0 Å². The van der Waals surface area contributed by atoms with Crippen molar-refractivity contribution in [3.05, 3.63) is 24.0 Å². The maximum atomic E-state index is 6.05. The Morgan fingerprint density at radius 1 is 1.31 bits per heavy atom. The second-order valence-electron chi connectivity index (χ2n) is 4.59. The summed E-state index contributed by atoms with van der Waals surface area (Å²) in [4.78, 5) is 8.60. The molecule has 1 aromatic rings. The van der Waals surface area contributed by atoms with Crippen molar-refractivity contribution in [2.24, 2.45) is 16.6 Å². The Bertz CT molecular complexity index is 379. The Kier molecular flexibility index (Phi) is 3.54. The van der Waals surface area contributed by atoms with E-state index in [1.54, 1.807) is 6.20 Å². The van der Waals surface area contributed by atoms with Gasteiger partial charge in [0.05, 0.1) is 11.9 Å². The van der Waals surface area contributed by atoms with E-state index in [2.05, 4.69) is 9.98 Å². The molecule has 0 aliphatic heterocycles. The van der Waals surface area contributed by atoms with Crippen LogP contribution in [-0.4, -0.2) is 10.8 Å². The molecule has 86 valence electrons. The maximum Gasteiger partial charge on any atom is 0.103 e. The topological polar surface area (TPSA) is 51.3 Å². The first-order chi connectivity index (χ1) is 7.75. The Morgan fingerprint density at radius 3 is 2.75 bits per heavy atom. The molecule has 2 rings (SSSR count). The van der Waals surface area contributed by atoms with Gasteiger partial charge in [0.1, 0.15) is 5.84 Å². The number of aliphatic imine (C=N–C) groups is 1. The molecule has 3 nitrogen and oxygen atoms in total. The highest BCUT2D eigenvalue weighted by molar-refractivity contribution is 5.85. The average Bonchev–Trinajstić information content (AvgIpc) is 2.30. The third-order valence-electron chi connectivity index (χ3n) is 3.14. The lowest BCUT2D eigenvalue weighted by Crippen LogP contribution is -2.25. The zero-order chi connectivity index (χ0) is 11.4. The molecule has 1 fully saturated rings. The standard InChI is InChI=1S/C13H19N3/c1-10-7-12(9-15-8-10)16-13(14)11-5-3-2-4-6-11/h7-9,11H,2-6H2,1H3,(H2,14,16). The van der Waals surface area contributed by atoms with Gasteiger partial charge >= 0.3 is 0 Å². The molecule has 0 unspecified atom stereocenters.